The van der Waals surface area contributed by atoms with Crippen molar-refractivity contribution in [2.75, 3.05) is 0 Å². The number of aliphatic hydroxyl groups is 3. The van der Waals surface area contributed by atoms with Crippen molar-refractivity contribution in [3.8, 4) is 0 Å². The van der Waals surface area contributed by atoms with Gasteiger partial charge < -0.3 is 20.1 Å². The number of ether oxygens (including phenoxy) is 1. The standard InChI is InChI=1S/C30H50O5/c1-18(8-9-19(2)27(4,5)35-20(3)31)23-10-11-24-22-16-26(33)30(34)17-21(32)12-15-29(30,7)25(22)13-14-28(23,24)6/h16,18-19,21,23-26,32-34H,8-15,17H2,1-7H3/t18-,19+,21+,23-,24+,25+,26-,28-,29-,30+/m1/s1. The molecule has 0 spiro atoms. The summed E-state index contributed by atoms with van der Waals surface area (Å²) in [5.41, 5.74) is -0.444. The van der Waals surface area contributed by atoms with Crippen molar-refractivity contribution in [2.45, 2.75) is 130 Å². The fourth-order valence-electron chi connectivity index (χ4n) is 9.05. The zero-order valence-corrected chi connectivity index (χ0v) is 23.1. The van der Waals surface area contributed by atoms with Crippen LogP contribution in [0.1, 0.15) is 106 Å². The Bertz CT molecular complexity index is 850. The maximum atomic E-state index is 11.6. The number of fused-ring (bicyclic) bond motifs is 5. The van der Waals surface area contributed by atoms with Gasteiger partial charge in [-0.15, -0.1) is 0 Å². The Balaban J connectivity index is 1.50. The van der Waals surface area contributed by atoms with E-state index in [1.807, 2.05) is 19.9 Å². The lowest BCUT2D eigenvalue weighted by atomic mass is 9.45. The largest absolute Gasteiger partial charge is 0.460 e. The van der Waals surface area contributed by atoms with Crippen LogP contribution in [0, 0.1) is 40.4 Å². The van der Waals surface area contributed by atoms with Crippen molar-refractivity contribution in [1.82, 2.24) is 0 Å². The van der Waals surface area contributed by atoms with E-state index in [0.717, 1.165) is 38.5 Å². The number of carbonyl (C=O) groups is 1. The number of rotatable bonds is 6. The number of hydrogen-bond donors (Lipinski definition) is 3. The van der Waals surface area contributed by atoms with E-state index in [2.05, 4.69) is 27.7 Å². The van der Waals surface area contributed by atoms with Crippen LogP contribution in [-0.2, 0) is 9.53 Å². The molecule has 4 aliphatic carbocycles. The number of esters is 1. The van der Waals surface area contributed by atoms with Crippen LogP contribution in [0.25, 0.3) is 0 Å². The maximum Gasteiger partial charge on any atom is 0.303 e. The molecular formula is C30H50O5. The van der Waals surface area contributed by atoms with Crippen LogP contribution in [0.4, 0.5) is 0 Å². The highest BCUT2D eigenvalue weighted by atomic mass is 16.6. The first-order chi connectivity index (χ1) is 16.2. The molecule has 0 saturated heterocycles. The van der Waals surface area contributed by atoms with Crippen LogP contribution in [0.2, 0.25) is 0 Å². The van der Waals surface area contributed by atoms with Crippen molar-refractivity contribution in [1.29, 1.82) is 0 Å². The van der Waals surface area contributed by atoms with Gasteiger partial charge >= 0.3 is 5.97 Å². The normalized spacial score (nSPS) is 45.0. The molecule has 35 heavy (non-hydrogen) atoms. The quantitative estimate of drug-likeness (QED) is 0.342. The fraction of sp³-hybridized carbons (Fsp3) is 0.900. The fourth-order valence-corrected chi connectivity index (χ4v) is 9.05. The molecule has 3 fully saturated rings. The van der Waals surface area contributed by atoms with Crippen molar-refractivity contribution in [3.63, 3.8) is 0 Å². The average Bonchev–Trinajstić information content (AvgIpc) is 3.10. The molecule has 5 nitrogen and oxygen atoms in total. The number of aliphatic hydroxyl groups excluding tert-OH is 2. The van der Waals surface area contributed by atoms with E-state index in [1.165, 1.54) is 18.9 Å². The van der Waals surface area contributed by atoms with Crippen molar-refractivity contribution in [2.24, 2.45) is 40.4 Å². The maximum absolute atomic E-state index is 11.6. The summed E-state index contributed by atoms with van der Waals surface area (Å²) in [6, 6.07) is 0. The predicted molar refractivity (Wildman–Crippen MR) is 137 cm³/mol. The van der Waals surface area contributed by atoms with Gasteiger partial charge in [0.15, 0.2) is 0 Å². The second-order valence-corrected chi connectivity index (χ2v) is 13.8. The van der Waals surface area contributed by atoms with Gasteiger partial charge in [-0.1, -0.05) is 45.8 Å². The molecular weight excluding hydrogens is 440 g/mol. The van der Waals surface area contributed by atoms with E-state index in [1.54, 1.807) is 0 Å². The molecule has 3 N–H and O–H groups in total. The highest BCUT2D eigenvalue weighted by molar-refractivity contribution is 5.66. The minimum absolute atomic E-state index is 0.214. The summed E-state index contributed by atoms with van der Waals surface area (Å²) in [6.07, 6.45) is 9.06. The van der Waals surface area contributed by atoms with E-state index in [9.17, 15) is 20.1 Å². The van der Waals surface area contributed by atoms with E-state index >= 15 is 0 Å². The topological polar surface area (TPSA) is 87.0 Å². The molecule has 10 atom stereocenters. The number of carbonyl (C=O) groups excluding carboxylic acids is 1. The highest BCUT2D eigenvalue weighted by Gasteiger charge is 2.64. The summed E-state index contributed by atoms with van der Waals surface area (Å²) in [4.78, 5) is 11.5. The van der Waals surface area contributed by atoms with Crippen LogP contribution in [0.5, 0.6) is 0 Å². The molecule has 4 rings (SSSR count). The monoisotopic (exact) mass is 490 g/mol. The lowest BCUT2D eigenvalue weighted by Gasteiger charge is -2.62. The molecule has 0 heterocycles. The molecule has 0 aromatic rings. The molecule has 200 valence electrons. The van der Waals surface area contributed by atoms with Gasteiger partial charge in [0, 0.05) is 18.8 Å². The Kier molecular flexibility index (Phi) is 7.08. The second kappa shape index (κ2) is 9.13. The van der Waals surface area contributed by atoms with E-state index in [0.29, 0.717) is 36.0 Å². The third-order valence-corrected chi connectivity index (χ3v) is 11.7. The Morgan fingerprint density at radius 1 is 1.09 bits per heavy atom. The van der Waals surface area contributed by atoms with Gasteiger partial charge in [0.05, 0.1) is 6.10 Å². The Morgan fingerprint density at radius 3 is 2.43 bits per heavy atom. The number of allylic oxidation sites excluding steroid dienone is 1. The third kappa shape index (κ3) is 4.32. The van der Waals surface area contributed by atoms with Gasteiger partial charge in [0.2, 0.25) is 0 Å². The first kappa shape index (κ1) is 27.1. The van der Waals surface area contributed by atoms with E-state index in [4.69, 9.17) is 4.74 Å². The van der Waals surface area contributed by atoms with Crippen LogP contribution < -0.4 is 0 Å². The molecule has 0 unspecified atom stereocenters. The average molecular weight is 491 g/mol. The molecule has 0 amide bonds. The first-order valence-electron chi connectivity index (χ1n) is 14.2. The molecule has 3 saturated carbocycles. The molecule has 5 heteroatoms. The van der Waals surface area contributed by atoms with Crippen molar-refractivity contribution in [3.05, 3.63) is 11.6 Å². The van der Waals surface area contributed by atoms with Crippen molar-refractivity contribution >= 4 is 5.97 Å². The Hall–Kier alpha value is -0.910. The lowest BCUT2D eigenvalue weighted by molar-refractivity contribution is -0.210. The summed E-state index contributed by atoms with van der Waals surface area (Å²) in [7, 11) is 0. The Labute approximate surface area is 212 Å². The molecule has 4 aliphatic rings. The summed E-state index contributed by atoms with van der Waals surface area (Å²) >= 11 is 0. The SMILES string of the molecule is CC(=O)OC(C)(C)[C@@H](C)CC[C@@H](C)[C@H]1CC[C@H]2C3=C[C@@H](O)[C@@]4(O)C[C@@H](O)CC[C@]4(C)[C@H]3CC[C@]12C. The van der Waals surface area contributed by atoms with Gasteiger partial charge in [0.25, 0.3) is 0 Å². The highest BCUT2D eigenvalue weighted by Crippen LogP contribution is 2.67. The molecule has 0 bridgehead atoms. The van der Waals surface area contributed by atoms with Crippen molar-refractivity contribution < 1.29 is 24.9 Å². The van der Waals surface area contributed by atoms with Gasteiger partial charge in [0.1, 0.15) is 17.3 Å². The minimum atomic E-state index is -1.23. The summed E-state index contributed by atoms with van der Waals surface area (Å²) in [6.45, 7) is 14.8. The second-order valence-electron chi connectivity index (χ2n) is 13.8. The van der Waals surface area contributed by atoms with Crippen LogP contribution in [0.3, 0.4) is 0 Å². The first-order valence-corrected chi connectivity index (χ1v) is 14.2. The van der Waals surface area contributed by atoms with Crippen LogP contribution in [0.15, 0.2) is 11.6 Å². The van der Waals surface area contributed by atoms with Crippen LogP contribution >= 0.6 is 0 Å². The van der Waals surface area contributed by atoms with Gasteiger partial charge in [-0.2, -0.15) is 0 Å². The zero-order valence-electron chi connectivity index (χ0n) is 23.1. The molecule has 0 aromatic carbocycles. The van der Waals surface area contributed by atoms with E-state index < -0.39 is 23.4 Å². The lowest BCUT2D eigenvalue weighted by Crippen LogP contribution is -2.65. The predicted octanol–water partition coefficient (Wildman–Crippen LogP) is 5.41. The van der Waals surface area contributed by atoms with E-state index in [-0.39, 0.29) is 23.2 Å². The minimum Gasteiger partial charge on any atom is -0.460 e. The van der Waals surface area contributed by atoms with Gasteiger partial charge in [-0.25, -0.2) is 0 Å². The molecule has 0 aromatic heterocycles. The zero-order chi connectivity index (χ0) is 26.0. The molecule has 0 aliphatic heterocycles. The summed E-state index contributed by atoms with van der Waals surface area (Å²) in [5, 5.41) is 33.1. The smallest absolute Gasteiger partial charge is 0.303 e. The van der Waals surface area contributed by atoms with Crippen LogP contribution in [-0.4, -0.2) is 44.7 Å². The van der Waals surface area contributed by atoms with Gasteiger partial charge in [-0.05, 0) is 93.8 Å². The Morgan fingerprint density at radius 2 is 1.77 bits per heavy atom. The molecule has 0 radical (unpaired) electrons. The number of hydrogen-bond acceptors (Lipinski definition) is 5. The summed E-state index contributed by atoms with van der Waals surface area (Å²) in [5.74, 6) is 2.06. The third-order valence-electron chi connectivity index (χ3n) is 11.7. The summed E-state index contributed by atoms with van der Waals surface area (Å²) < 4.78 is 5.59. The van der Waals surface area contributed by atoms with Gasteiger partial charge in [-0.3, -0.25) is 4.79 Å².